The molecule has 9 heteroatoms. The number of nitrogens with one attached hydrogen (secondary N) is 1. The van der Waals surface area contributed by atoms with E-state index in [1.807, 2.05) is 12.1 Å². The number of rotatable bonds is 5. The van der Waals surface area contributed by atoms with Gasteiger partial charge < -0.3 is 5.32 Å². The van der Waals surface area contributed by atoms with Gasteiger partial charge in [0.1, 0.15) is 12.7 Å². The topological polar surface area (TPSA) is 97.2 Å². The van der Waals surface area contributed by atoms with Crippen LogP contribution in [0, 0.1) is 0 Å². The van der Waals surface area contributed by atoms with E-state index in [0.29, 0.717) is 25.2 Å². The standard InChI is InChI=1S/C16H21N5O3S/c1-25(23,24)21-8-2-3-15(10-21)19-16(22)14-6-4-13(5-7-14)9-20-12-17-11-18-20/h4-7,11-12,15H,2-3,8-10H2,1H3,(H,19,22). The van der Waals surface area contributed by atoms with E-state index in [2.05, 4.69) is 15.4 Å². The van der Waals surface area contributed by atoms with Crippen molar-refractivity contribution in [1.82, 2.24) is 24.4 Å². The molecule has 0 aliphatic carbocycles. The molecule has 1 aromatic carbocycles. The summed E-state index contributed by atoms with van der Waals surface area (Å²) >= 11 is 0. The van der Waals surface area contributed by atoms with Crippen molar-refractivity contribution in [1.29, 1.82) is 0 Å². The number of hydrogen-bond donors (Lipinski definition) is 1. The van der Waals surface area contributed by atoms with Gasteiger partial charge in [0.15, 0.2) is 0 Å². The lowest BCUT2D eigenvalue weighted by atomic mass is 10.1. The van der Waals surface area contributed by atoms with Crippen molar-refractivity contribution < 1.29 is 13.2 Å². The molecule has 1 aromatic heterocycles. The van der Waals surface area contributed by atoms with Crippen LogP contribution in [0.1, 0.15) is 28.8 Å². The van der Waals surface area contributed by atoms with Gasteiger partial charge in [-0.3, -0.25) is 4.79 Å². The third-order valence-corrected chi connectivity index (χ3v) is 5.49. The van der Waals surface area contributed by atoms with Gasteiger partial charge in [-0.05, 0) is 30.5 Å². The fraction of sp³-hybridized carbons (Fsp3) is 0.438. The summed E-state index contributed by atoms with van der Waals surface area (Å²) < 4.78 is 26.4. The van der Waals surface area contributed by atoms with Crippen LogP contribution in [0.25, 0.3) is 0 Å². The van der Waals surface area contributed by atoms with Crippen molar-refractivity contribution in [3.63, 3.8) is 0 Å². The molecule has 1 unspecified atom stereocenters. The Morgan fingerprint density at radius 2 is 2.08 bits per heavy atom. The highest BCUT2D eigenvalue weighted by atomic mass is 32.2. The lowest BCUT2D eigenvalue weighted by molar-refractivity contribution is 0.0921. The summed E-state index contributed by atoms with van der Waals surface area (Å²) in [5.41, 5.74) is 1.57. The average Bonchev–Trinajstić information content (AvgIpc) is 3.08. The summed E-state index contributed by atoms with van der Waals surface area (Å²) in [4.78, 5) is 16.3. The molecule has 2 aromatic rings. The molecule has 1 aliphatic rings. The molecular formula is C16H21N5O3S. The minimum atomic E-state index is -3.22. The molecule has 134 valence electrons. The van der Waals surface area contributed by atoms with Crippen molar-refractivity contribution in [2.75, 3.05) is 19.3 Å². The van der Waals surface area contributed by atoms with Crippen LogP contribution in [0.15, 0.2) is 36.9 Å². The SMILES string of the molecule is CS(=O)(=O)N1CCCC(NC(=O)c2ccc(Cn3cncn3)cc2)C1. The molecule has 1 atom stereocenters. The molecule has 3 rings (SSSR count). The molecule has 1 amide bonds. The van der Waals surface area contributed by atoms with Crippen LogP contribution in [-0.2, 0) is 16.6 Å². The highest BCUT2D eigenvalue weighted by Crippen LogP contribution is 2.14. The summed E-state index contributed by atoms with van der Waals surface area (Å²) in [6.07, 6.45) is 5.84. The molecule has 25 heavy (non-hydrogen) atoms. The van der Waals surface area contributed by atoms with Crippen LogP contribution >= 0.6 is 0 Å². The van der Waals surface area contributed by atoms with Gasteiger partial charge in [0, 0.05) is 24.7 Å². The van der Waals surface area contributed by atoms with E-state index in [1.54, 1.807) is 23.1 Å². The van der Waals surface area contributed by atoms with E-state index >= 15 is 0 Å². The van der Waals surface area contributed by atoms with E-state index in [9.17, 15) is 13.2 Å². The third-order valence-electron chi connectivity index (χ3n) is 4.22. The largest absolute Gasteiger partial charge is 0.348 e. The maximum atomic E-state index is 12.4. The summed E-state index contributed by atoms with van der Waals surface area (Å²) in [5.74, 6) is -0.187. The molecule has 0 spiro atoms. The van der Waals surface area contributed by atoms with Crippen molar-refractivity contribution in [3.8, 4) is 0 Å². The number of aromatic nitrogens is 3. The van der Waals surface area contributed by atoms with Crippen LogP contribution in [-0.4, -0.2) is 58.8 Å². The van der Waals surface area contributed by atoms with Gasteiger partial charge in [-0.1, -0.05) is 12.1 Å². The first-order chi connectivity index (χ1) is 11.9. The summed E-state index contributed by atoms with van der Waals surface area (Å²) in [7, 11) is -3.22. The number of benzene rings is 1. The highest BCUT2D eigenvalue weighted by Gasteiger charge is 2.26. The number of piperidine rings is 1. The zero-order valence-corrected chi connectivity index (χ0v) is 14.8. The quantitative estimate of drug-likeness (QED) is 0.833. The Morgan fingerprint density at radius 3 is 2.72 bits per heavy atom. The van der Waals surface area contributed by atoms with E-state index in [-0.39, 0.29) is 11.9 Å². The third kappa shape index (κ3) is 4.64. The summed E-state index contributed by atoms with van der Waals surface area (Å²) in [6.45, 7) is 1.44. The van der Waals surface area contributed by atoms with E-state index < -0.39 is 10.0 Å². The van der Waals surface area contributed by atoms with Crippen LogP contribution in [0.3, 0.4) is 0 Å². The van der Waals surface area contributed by atoms with Gasteiger partial charge in [0.25, 0.3) is 5.91 Å². The number of amides is 1. The van der Waals surface area contributed by atoms with Crippen LogP contribution in [0.4, 0.5) is 0 Å². The molecule has 2 heterocycles. The van der Waals surface area contributed by atoms with E-state index in [0.717, 1.165) is 18.4 Å². The molecule has 0 bridgehead atoms. The number of sulfonamides is 1. The van der Waals surface area contributed by atoms with Crippen molar-refractivity contribution in [3.05, 3.63) is 48.0 Å². The van der Waals surface area contributed by atoms with Gasteiger partial charge in [0.05, 0.1) is 12.8 Å². The second-order valence-electron chi connectivity index (χ2n) is 6.22. The van der Waals surface area contributed by atoms with Gasteiger partial charge in [-0.25, -0.2) is 22.4 Å². The van der Waals surface area contributed by atoms with Crippen molar-refractivity contribution in [2.24, 2.45) is 0 Å². The Bertz CT molecular complexity index is 818. The Kier molecular flexibility index (Phi) is 5.14. The Morgan fingerprint density at radius 1 is 1.32 bits per heavy atom. The number of hydrogen-bond acceptors (Lipinski definition) is 5. The first-order valence-electron chi connectivity index (χ1n) is 8.09. The van der Waals surface area contributed by atoms with Crippen molar-refractivity contribution in [2.45, 2.75) is 25.4 Å². The monoisotopic (exact) mass is 363 g/mol. The Hall–Kier alpha value is -2.26. The van der Waals surface area contributed by atoms with Gasteiger partial charge in [-0.15, -0.1) is 0 Å². The van der Waals surface area contributed by atoms with Crippen LogP contribution < -0.4 is 5.32 Å². The first-order valence-corrected chi connectivity index (χ1v) is 9.94. The normalized spacial score (nSPS) is 18.8. The second kappa shape index (κ2) is 7.32. The van der Waals surface area contributed by atoms with Gasteiger partial charge >= 0.3 is 0 Å². The van der Waals surface area contributed by atoms with Gasteiger partial charge in [0.2, 0.25) is 10.0 Å². The van der Waals surface area contributed by atoms with Crippen molar-refractivity contribution >= 4 is 15.9 Å². The zero-order chi connectivity index (χ0) is 17.9. The zero-order valence-electron chi connectivity index (χ0n) is 14.0. The predicted octanol–water partition coefficient (Wildman–Crippen LogP) is 0.480. The predicted molar refractivity (Wildman–Crippen MR) is 92.5 cm³/mol. The second-order valence-corrected chi connectivity index (χ2v) is 8.21. The highest BCUT2D eigenvalue weighted by molar-refractivity contribution is 7.88. The number of carbonyl (C=O) groups excluding carboxylic acids is 1. The minimum absolute atomic E-state index is 0.161. The number of nitrogens with zero attached hydrogens (tertiary/aromatic N) is 4. The summed E-state index contributed by atoms with van der Waals surface area (Å²) in [6, 6.07) is 7.11. The first kappa shape index (κ1) is 17.6. The fourth-order valence-corrected chi connectivity index (χ4v) is 3.80. The molecular weight excluding hydrogens is 342 g/mol. The molecule has 0 saturated carbocycles. The molecule has 1 N–H and O–H groups in total. The smallest absolute Gasteiger partial charge is 0.251 e. The maximum Gasteiger partial charge on any atom is 0.251 e. The minimum Gasteiger partial charge on any atom is -0.348 e. The molecule has 1 saturated heterocycles. The fourth-order valence-electron chi connectivity index (χ4n) is 2.89. The Labute approximate surface area is 146 Å². The number of carbonyl (C=O) groups is 1. The Balaban J connectivity index is 1.59. The maximum absolute atomic E-state index is 12.4. The van der Waals surface area contributed by atoms with Crippen LogP contribution in [0.2, 0.25) is 0 Å². The molecule has 8 nitrogen and oxygen atoms in total. The molecule has 1 fully saturated rings. The molecule has 0 radical (unpaired) electrons. The lowest BCUT2D eigenvalue weighted by Gasteiger charge is -2.31. The summed E-state index contributed by atoms with van der Waals surface area (Å²) in [5, 5.41) is 6.98. The van der Waals surface area contributed by atoms with Gasteiger partial charge in [-0.2, -0.15) is 5.10 Å². The molecule has 1 aliphatic heterocycles. The lowest BCUT2D eigenvalue weighted by Crippen LogP contribution is -2.49. The van der Waals surface area contributed by atoms with E-state index in [1.165, 1.54) is 16.9 Å². The average molecular weight is 363 g/mol. The van der Waals surface area contributed by atoms with E-state index in [4.69, 9.17) is 0 Å². The van der Waals surface area contributed by atoms with Crippen LogP contribution in [0.5, 0.6) is 0 Å².